The molecule has 2 N–H and O–H groups in total. The molecule has 0 aliphatic rings. The van der Waals surface area contributed by atoms with Crippen LogP contribution in [0.3, 0.4) is 0 Å². The van der Waals surface area contributed by atoms with Crippen molar-refractivity contribution in [2.45, 2.75) is 65.6 Å². The number of esters is 2. The third kappa shape index (κ3) is 5.57. The number of aryl methyl sites for hydroxylation is 2. The number of benzene rings is 2. The molecule has 0 fully saturated rings. The molecule has 6 aromatic rings. The maximum Gasteiger partial charge on any atom is 0.357 e. The van der Waals surface area contributed by atoms with Gasteiger partial charge in [0.05, 0.1) is 23.4 Å². The van der Waals surface area contributed by atoms with Crippen molar-refractivity contribution in [2.24, 2.45) is 0 Å². The quantitative estimate of drug-likeness (QED) is 0.211. The summed E-state index contributed by atoms with van der Waals surface area (Å²) in [7, 11) is 0. The summed E-state index contributed by atoms with van der Waals surface area (Å²) in [6.07, 6.45) is 5.05. The van der Waals surface area contributed by atoms with Gasteiger partial charge in [-0.2, -0.15) is 0 Å². The largest absolute Gasteiger partial charge is 0.455 e. The van der Waals surface area contributed by atoms with E-state index in [1.54, 1.807) is 24.5 Å². The van der Waals surface area contributed by atoms with Crippen LogP contribution in [0.15, 0.2) is 60.9 Å². The van der Waals surface area contributed by atoms with E-state index in [-0.39, 0.29) is 0 Å². The summed E-state index contributed by atoms with van der Waals surface area (Å²) in [5, 5.41) is 3.97. The number of carbonyl (C=O) groups excluding carboxylic acids is 2. The van der Waals surface area contributed by atoms with E-state index in [4.69, 9.17) is 9.47 Å². The molecule has 8 nitrogen and oxygen atoms in total. The van der Waals surface area contributed by atoms with Crippen LogP contribution in [-0.4, -0.2) is 43.1 Å². The first kappa shape index (κ1) is 27.4. The van der Waals surface area contributed by atoms with Crippen molar-refractivity contribution in [3.8, 4) is 0 Å². The average Bonchev–Trinajstić information content (AvgIpc) is 3.46. The summed E-state index contributed by atoms with van der Waals surface area (Å²) in [5.41, 5.74) is 5.52. The molecule has 0 saturated heterocycles. The van der Waals surface area contributed by atoms with Gasteiger partial charge >= 0.3 is 11.9 Å². The Hall–Kier alpha value is -4.72. The second-order valence-corrected chi connectivity index (χ2v) is 12.7. The molecule has 4 heterocycles. The van der Waals surface area contributed by atoms with E-state index in [9.17, 15) is 9.59 Å². The van der Waals surface area contributed by atoms with Gasteiger partial charge in [-0.15, -0.1) is 0 Å². The molecular formula is C34H34N4O4. The topological polar surface area (TPSA) is 110 Å². The minimum absolute atomic E-state index is 0.292. The van der Waals surface area contributed by atoms with Gasteiger partial charge in [-0.25, -0.2) is 19.6 Å². The number of nitrogens with zero attached hydrogens (tertiary/aromatic N) is 2. The molecule has 0 amide bonds. The van der Waals surface area contributed by atoms with Crippen LogP contribution in [0, 0.1) is 0 Å². The van der Waals surface area contributed by atoms with Crippen molar-refractivity contribution >= 4 is 55.6 Å². The van der Waals surface area contributed by atoms with Crippen LogP contribution in [-0.2, 0) is 22.3 Å². The second-order valence-electron chi connectivity index (χ2n) is 12.7. The number of ether oxygens (including phenoxy) is 2. The number of aromatic nitrogens is 4. The lowest BCUT2D eigenvalue weighted by Crippen LogP contribution is -2.24. The molecule has 4 aromatic heterocycles. The highest BCUT2D eigenvalue weighted by Gasteiger charge is 2.21. The standard InChI is InChI=1S/C34H34N4O4/c1-33(2,3)41-31(39)27-15-23-21-13-19(9-11-25(21)37-29(23)17-35-27)7-8-20-10-12-26-22(14-20)24-16-28(36-18-30(24)38-26)32(40)42-34(4,5)6/h9-18,37-38H,7-8H2,1-6H3. The smallest absolute Gasteiger partial charge is 0.357 e. The fourth-order valence-electron chi connectivity index (χ4n) is 5.18. The van der Waals surface area contributed by atoms with Crippen LogP contribution < -0.4 is 0 Å². The van der Waals surface area contributed by atoms with Crippen molar-refractivity contribution in [3.63, 3.8) is 0 Å². The number of nitrogens with one attached hydrogen (secondary N) is 2. The highest BCUT2D eigenvalue weighted by molar-refractivity contribution is 6.10. The molecule has 0 bridgehead atoms. The van der Waals surface area contributed by atoms with E-state index in [0.29, 0.717) is 11.4 Å². The molecule has 0 saturated carbocycles. The Balaban J connectivity index is 1.26. The molecule has 214 valence electrons. The Morgan fingerprint density at radius 3 is 1.36 bits per heavy atom. The highest BCUT2D eigenvalue weighted by Crippen LogP contribution is 2.29. The van der Waals surface area contributed by atoms with E-state index < -0.39 is 23.1 Å². The number of carbonyl (C=O) groups is 2. The van der Waals surface area contributed by atoms with E-state index in [1.807, 2.05) is 41.5 Å². The number of aromatic amines is 2. The lowest BCUT2D eigenvalue weighted by Gasteiger charge is -2.19. The van der Waals surface area contributed by atoms with Gasteiger partial charge in [0.2, 0.25) is 0 Å². The summed E-state index contributed by atoms with van der Waals surface area (Å²) in [5.74, 6) is -0.867. The Morgan fingerprint density at radius 2 is 0.976 bits per heavy atom. The van der Waals surface area contributed by atoms with Crippen LogP contribution >= 0.6 is 0 Å². The first-order valence-electron chi connectivity index (χ1n) is 14.1. The van der Waals surface area contributed by atoms with Crippen molar-refractivity contribution in [2.75, 3.05) is 0 Å². The maximum absolute atomic E-state index is 12.6. The second kappa shape index (κ2) is 9.98. The number of hydrogen-bond donors (Lipinski definition) is 2. The number of pyridine rings is 2. The third-order valence-corrected chi connectivity index (χ3v) is 7.01. The van der Waals surface area contributed by atoms with Crippen molar-refractivity contribution in [1.29, 1.82) is 0 Å². The summed E-state index contributed by atoms with van der Waals surface area (Å²) in [6, 6.07) is 16.4. The molecule has 8 heteroatoms. The fraction of sp³-hybridized carbons (Fsp3) is 0.294. The van der Waals surface area contributed by atoms with Crippen LogP contribution in [0.4, 0.5) is 0 Å². The van der Waals surface area contributed by atoms with Gasteiger partial charge in [0.1, 0.15) is 22.6 Å². The van der Waals surface area contributed by atoms with Crippen molar-refractivity contribution in [1.82, 2.24) is 19.9 Å². The minimum Gasteiger partial charge on any atom is -0.455 e. The number of hydrogen-bond acceptors (Lipinski definition) is 6. The van der Waals surface area contributed by atoms with E-state index in [0.717, 1.165) is 56.5 Å². The lowest BCUT2D eigenvalue weighted by atomic mass is 10.0. The first-order valence-corrected chi connectivity index (χ1v) is 14.1. The van der Waals surface area contributed by atoms with Gasteiger partial charge < -0.3 is 19.4 Å². The van der Waals surface area contributed by atoms with E-state index in [2.05, 4.69) is 56.3 Å². The minimum atomic E-state index is -0.589. The zero-order valence-corrected chi connectivity index (χ0v) is 24.7. The number of H-pyrrole nitrogens is 2. The van der Waals surface area contributed by atoms with Gasteiger partial charge in [-0.3, -0.25) is 0 Å². The molecule has 2 aromatic carbocycles. The third-order valence-electron chi connectivity index (χ3n) is 7.01. The SMILES string of the molecule is CC(C)(C)OC(=O)c1cc2c(cn1)[nH]c1ccc(CCc3ccc4[nH]c5cnc(C(=O)OC(C)(C)C)cc5c4c3)cc12. The van der Waals surface area contributed by atoms with Crippen molar-refractivity contribution < 1.29 is 19.1 Å². The highest BCUT2D eigenvalue weighted by atomic mass is 16.6. The number of fused-ring (bicyclic) bond motifs is 6. The number of rotatable bonds is 5. The van der Waals surface area contributed by atoms with Gasteiger partial charge in [0.25, 0.3) is 0 Å². The fourth-order valence-corrected chi connectivity index (χ4v) is 5.18. The Kier molecular flexibility index (Phi) is 6.52. The van der Waals surface area contributed by atoms with Crippen LogP contribution in [0.5, 0.6) is 0 Å². The Labute approximate surface area is 243 Å². The van der Waals surface area contributed by atoms with Gasteiger partial charge in [-0.05, 0) is 102 Å². The summed E-state index contributed by atoms with van der Waals surface area (Å²) < 4.78 is 11.0. The Bertz CT molecular complexity index is 1860. The molecule has 0 aliphatic carbocycles. The van der Waals surface area contributed by atoms with Crippen LogP contribution in [0.25, 0.3) is 43.6 Å². The lowest BCUT2D eigenvalue weighted by molar-refractivity contribution is 0.00507. The van der Waals surface area contributed by atoms with Gasteiger partial charge in [-0.1, -0.05) is 12.1 Å². The average molecular weight is 563 g/mol. The van der Waals surface area contributed by atoms with E-state index >= 15 is 0 Å². The summed E-state index contributed by atoms with van der Waals surface area (Å²) >= 11 is 0. The first-order chi connectivity index (χ1) is 19.8. The van der Waals surface area contributed by atoms with Crippen molar-refractivity contribution in [3.05, 3.63) is 83.4 Å². The summed E-state index contributed by atoms with van der Waals surface area (Å²) in [4.78, 5) is 40.7. The monoisotopic (exact) mass is 562 g/mol. The molecule has 6 rings (SSSR count). The maximum atomic E-state index is 12.6. The van der Waals surface area contributed by atoms with E-state index in [1.165, 1.54) is 11.1 Å². The molecule has 0 unspecified atom stereocenters. The molecule has 0 atom stereocenters. The van der Waals surface area contributed by atoms with Gasteiger partial charge in [0.15, 0.2) is 0 Å². The predicted octanol–water partition coefficient (Wildman–Crippen LogP) is 7.44. The van der Waals surface area contributed by atoms with Crippen LogP contribution in [0.2, 0.25) is 0 Å². The Morgan fingerprint density at radius 1 is 0.595 bits per heavy atom. The predicted molar refractivity (Wildman–Crippen MR) is 165 cm³/mol. The van der Waals surface area contributed by atoms with Gasteiger partial charge in [0, 0.05) is 32.6 Å². The van der Waals surface area contributed by atoms with Crippen LogP contribution in [0.1, 0.15) is 73.6 Å². The zero-order chi connectivity index (χ0) is 29.8. The molecular weight excluding hydrogens is 528 g/mol. The molecule has 0 aliphatic heterocycles. The molecule has 0 spiro atoms. The zero-order valence-electron chi connectivity index (χ0n) is 24.7. The normalized spacial score (nSPS) is 12.4. The summed E-state index contributed by atoms with van der Waals surface area (Å²) in [6.45, 7) is 11.1. The molecule has 42 heavy (non-hydrogen) atoms. The molecule has 0 radical (unpaired) electrons.